The highest BCUT2D eigenvalue weighted by atomic mass is 16.4. The Hall–Kier alpha value is -1.82. The summed E-state index contributed by atoms with van der Waals surface area (Å²) in [6.45, 7) is 6.16. The number of aromatic carboxylic acids is 1. The largest absolute Gasteiger partial charge is 0.475 e. The fourth-order valence-electron chi connectivity index (χ4n) is 1.35. The van der Waals surface area contributed by atoms with Gasteiger partial charge in [-0.2, -0.15) is 0 Å². The van der Waals surface area contributed by atoms with E-state index < -0.39 is 5.97 Å². The number of carboxylic acids is 1. The smallest absolute Gasteiger partial charge is 0.371 e. The number of hydrogen-bond donors (Lipinski definition) is 3. The Labute approximate surface area is 105 Å². The van der Waals surface area contributed by atoms with Crippen LogP contribution in [0.2, 0.25) is 0 Å². The molecule has 0 aliphatic carbocycles. The molecule has 0 atom stereocenters. The van der Waals surface area contributed by atoms with Crippen molar-refractivity contribution in [2.75, 3.05) is 6.54 Å². The average molecular weight is 254 g/mol. The number of carbonyl (C=O) groups excluding carboxylic acids is 1. The van der Waals surface area contributed by atoms with Gasteiger partial charge in [-0.05, 0) is 32.9 Å². The van der Waals surface area contributed by atoms with Gasteiger partial charge in [0.05, 0.1) is 13.1 Å². The molecule has 1 heterocycles. The molecule has 0 aliphatic heterocycles. The first kappa shape index (κ1) is 14.2. The van der Waals surface area contributed by atoms with Crippen molar-refractivity contribution in [3.8, 4) is 0 Å². The first-order valence-electron chi connectivity index (χ1n) is 5.62. The molecule has 0 radical (unpaired) electrons. The van der Waals surface area contributed by atoms with Gasteiger partial charge in [-0.3, -0.25) is 4.79 Å². The van der Waals surface area contributed by atoms with Crippen molar-refractivity contribution >= 4 is 11.9 Å². The van der Waals surface area contributed by atoms with Gasteiger partial charge in [0.25, 0.3) is 0 Å². The highest BCUT2D eigenvalue weighted by Crippen LogP contribution is 2.07. The van der Waals surface area contributed by atoms with Crippen molar-refractivity contribution in [1.82, 2.24) is 10.6 Å². The zero-order valence-corrected chi connectivity index (χ0v) is 10.7. The van der Waals surface area contributed by atoms with E-state index in [0.29, 0.717) is 12.3 Å². The lowest BCUT2D eigenvalue weighted by molar-refractivity contribution is -0.121. The van der Waals surface area contributed by atoms with Crippen LogP contribution < -0.4 is 10.6 Å². The number of carboxylic acid groups (broad SMARTS) is 1. The summed E-state index contributed by atoms with van der Waals surface area (Å²) in [5.41, 5.74) is -0.264. The summed E-state index contributed by atoms with van der Waals surface area (Å²) in [6, 6.07) is 2.95. The highest BCUT2D eigenvalue weighted by molar-refractivity contribution is 5.84. The molecule has 1 rings (SSSR count). The normalized spacial score (nSPS) is 11.3. The van der Waals surface area contributed by atoms with E-state index in [1.807, 2.05) is 20.8 Å². The maximum absolute atomic E-state index is 11.5. The molecule has 1 amide bonds. The molecule has 6 heteroatoms. The maximum Gasteiger partial charge on any atom is 0.371 e. The molecule has 1 aromatic heterocycles. The molecule has 3 N–H and O–H groups in total. The summed E-state index contributed by atoms with van der Waals surface area (Å²) in [7, 11) is 0. The Bertz CT molecular complexity index is 432. The van der Waals surface area contributed by atoms with Crippen molar-refractivity contribution in [3.05, 3.63) is 23.7 Å². The second-order valence-electron chi connectivity index (χ2n) is 4.97. The number of carbonyl (C=O) groups is 2. The molecule has 0 saturated heterocycles. The van der Waals surface area contributed by atoms with Gasteiger partial charge in [-0.15, -0.1) is 0 Å². The summed E-state index contributed by atoms with van der Waals surface area (Å²) in [5.74, 6) is -0.846. The number of amides is 1. The predicted molar refractivity (Wildman–Crippen MR) is 65.3 cm³/mol. The molecule has 0 bridgehead atoms. The number of furan rings is 1. The lowest BCUT2D eigenvalue weighted by Gasteiger charge is -2.20. The van der Waals surface area contributed by atoms with Crippen molar-refractivity contribution in [2.24, 2.45) is 0 Å². The molecule has 0 saturated carbocycles. The van der Waals surface area contributed by atoms with Crippen LogP contribution in [-0.4, -0.2) is 29.1 Å². The Balaban J connectivity index is 2.33. The van der Waals surface area contributed by atoms with Crippen LogP contribution >= 0.6 is 0 Å². The standard InChI is InChI=1S/C12H18N2O4/c1-12(2,3)14-10(15)7-13-6-8-4-5-9(18-8)11(16)17/h4-5,13H,6-7H2,1-3H3,(H,14,15)(H,16,17). The molecule has 0 spiro atoms. The average Bonchev–Trinajstić information content (AvgIpc) is 2.63. The third kappa shape index (κ3) is 5.01. The lowest BCUT2D eigenvalue weighted by atomic mass is 10.1. The number of nitrogens with one attached hydrogen (secondary N) is 2. The fourth-order valence-corrected chi connectivity index (χ4v) is 1.35. The predicted octanol–water partition coefficient (Wildman–Crippen LogP) is 0.982. The minimum absolute atomic E-state index is 0.106. The molecule has 6 nitrogen and oxygen atoms in total. The molecule has 18 heavy (non-hydrogen) atoms. The quantitative estimate of drug-likeness (QED) is 0.728. The van der Waals surface area contributed by atoms with Gasteiger partial charge in [0.2, 0.25) is 11.7 Å². The molecule has 0 unspecified atom stereocenters. The fraction of sp³-hybridized carbons (Fsp3) is 0.500. The SMILES string of the molecule is CC(C)(C)NC(=O)CNCc1ccc(C(=O)O)o1. The van der Waals surface area contributed by atoms with Gasteiger partial charge in [0.1, 0.15) is 5.76 Å². The molecular formula is C12H18N2O4. The summed E-state index contributed by atoms with van der Waals surface area (Å²) in [4.78, 5) is 22.0. The molecule has 100 valence electrons. The van der Waals surface area contributed by atoms with E-state index in [4.69, 9.17) is 9.52 Å². The van der Waals surface area contributed by atoms with E-state index in [2.05, 4.69) is 10.6 Å². The van der Waals surface area contributed by atoms with E-state index in [-0.39, 0.29) is 23.8 Å². The summed E-state index contributed by atoms with van der Waals surface area (Å²) >= 11 is 0. The Morgan fingerprint density at radius 3 is 2.50 bits per heavy atom. The summed E-state index contributed by atoms with van der Waals surface area (Å²) in [5, 5.41) is 14.3. The van der Waals surface area contributed by atoms with Crippen LogP contribution in [-0.2, 0) is 11.3 Å². The van der Waals surface area contributed by atoms with E-state index in [0.717, 1.165) is 0 Å². The monoisotopic (exact) mass is 254 g/mol. The van der Waals surface area contributed by atoms with Crippen LogP contribution in [0.25, 0.3) is 0 Å². The van der Waals surface area contributed by atoms with Crippen LogP contribution in [0, 0.1) is 0 Å². The van der Waals surface area contributed by atoms with Gasteiger partial charge < -0.3 is 20.2 Å². The topological polar surface area (TPSA) is 91.6 Å². The van der Waals surface area contributed by atoms with Gasteiger partial charge in [-0.1, -0.05) is 0 Å². The van der Waals surface area contributed by atoms with Crippen LogP contribution in [0.5, 0.6) is 0 Å². The van der Waals surface area contributed by atoms with Gasteiger partial charge in [0.15, 0.2) is 0 Å². The summed E-state index contributed by atoms with van der Waals surface area (Å²) < 4.78 is 5.03. The van der Waals surface area contributed by atoms with Crippen LogP contribution in [0.1, 0.15) is 37.1 Å². The van der Waals surface area contributed by atoms with Crippen LogP contribution in [0.4, 0.5) is 0 Å². The van der Waals surface area contributed by atoms with Crippen molar-refractivity contribution < 1.29 is 19.1 Å². The van der Waals surface area contributed by atoms with E-state index in [9.17, 15) is 9.59 Å². The Morgan fingerprint density at radius 1 is 1.33 bits per heavy atom. The Morgan fingerprint density at radius 2 is 2.00 bits per heavy atom. The van der Waals surface area contributed by atoms with E-state index >= 15 is 0 Å². The highest BCUT2D eigenvalue weighted by Gasteiger charge is 2.13. The lowest BCUT2D eigenvalue weighted by Crippen LogP contribution is -2.44. The summed E-state index contributed by atoms with van der Waals surface area (Å²) in [6.07, 6.45) is 0. The minimum Gasteiger partial charge on any atom is -0.475 e. The van der Waals surface area contributed by atoms with Gasteiger partial charge >= 0.3 is 5.97 Å². The minimum atomic E-state index is -1.10. The zero-order valence-electron chi connectivity index (χ0n) is 10.7. The maximum atomic E-state index is 11.5. The van der Waals surface area contributed by atoms with Crippen molar-refractivity contribution in [1.29, 1.82) is 0 Å². The van der Waals surface area contributed by atoms with Crippen molar-refractivity contribution in [3.63, 3.8) is 0 Å². The molecule has 0 aliphatic rings. The number of hydrogen-bond acceptors (Lipinski definition) is 4. The first-order valence-corrected chi connectivity index (χ1v) is 5.62. The van der Waals surface area contributed by atoms with Gasteiger partial charge in [-0.25, -0.2) is 4.79 Å². The molecule has 0 aromatic carbocycles. The third-order valence-electron chi connectivity index (χ3n) is 1.97. The van der Waals surface area contributed by atoms with E-state index in [1.54, 1.807) is 6.07 Å². The molecule has 1 aromatic rings. The zero-order chi connectivity index (χ0) is 13.8. The van der Waals surface area contributed by atoms with Crippen LogP contribution in [0.3, 0.4) is 0 Å². The first-order chi connectivity index (χ1) is 8.28. The van der Waals surface area contributed by atoms with Crippen LogP contribution in [0.15, 0.2) is 16.5 Å². The van der Waals surface area contributed by atoms with Crippen molar-refractivity contribution in [2.45, 2.75) is 32.9 Å². The molecular weight excluding hydrogens is 236 g/mol. The van der Waals surface area contributed by atoms with Gasteiger partial charge in [0, 0.05) is 5.54 Å². The third-order valence-corrected chi connectivity index (χ3v) is 1.97. The number of rotatable bonds is 5. The Kier molecular flexibility index (Phi) is 4.49. The molecule has 0 fully saturated rings. The van der Waals surface area contributed by atoms with E-state index in [1.165, 1.54) is 6.07 Å². The second-order valence-corrected chi connectivity index (χ2v) is 4.97. The second kappa shape index (κ2) is 5.68.